The van der Waals surface area contributed by atoms with Crippen LogP contribution in [0, 0.1) is 0 Å². The molecule has 0 radical (unpaired) electrons. The smallest absolute Gasteiger partial charge is 0.227 e. The third-order valence-corrected chi connectivity index (χ3v) is 3.70. The minimum Gasteiger partial charge on any atom is -0.468 e. The number of para-hydroxylation sites is 1. The average molecular weight is 348 g/mol. The minimum absolute atomic E-state index is 0.233. The van der Waals surface area contributed by atoms with Crippen LogP contribution in [-0.2, 0) is 10.1 Å². The van der Waals surface area contributed by atoms with E-state index in [1.54, 1.807) is 7.11 Å². The normalized spacial score (nSPS) is 11.0. The molecule has 3 aromatic rings. The number of fused-ring (bicyclic) bond motifs is 1. The van der Waals surface area contributed by atoms with E-state index < -0.39 is 0 Å². The number of nitrogens with zero attached hydrogens (tertiary/aromatic N) is 1. The van der Waals surface area contributed by atoms with Crippen molar-refractivity contribution in [3.63, 3.8) is 0 Å². The maximum atomic E-state index is 5.82. The van der Waals surface area contributed by atoms with Crippen molar-refractivity contribution < 1.29 is 13.9 Å². The fourth-order valence-corrected chi connectivity index (χ4v) is 2.51. The van der Waals surface area contributed by atoms with E-state index in [2.05, 4.69) is 20.9 Å². The molecule has 4 nitrogen and oxygen atoms in total. The quantitative estimate of drug-likeness (QED) is 0.507. The van der Waals surface area contributed by atoms with Crippen LogP contribution < -0.4 is 4.74 Å². The van der Waals surface area contributed by atoms with E-state index in [-0.39, 0.29) is 6.79 Å². The molecule has 0 spiro atoms. The molecule has 5 heteroatoms. The Morgan fingerprint density at radius 1 is 1.14 bits per heavy atom. The van der Waals surface area contributed by atoms with Crippen molar-refractivity contribution in [2.45, 2.75) is 5.33 Å². The van der Waals surface area contributed by atoms with E-state index in [1.165, 1.54) is 0 Å². The number of methoxy groups -OCH3 is 1. The molecule has 0 unspecified atom stereocenters. The lowest BCUT2D eigenvalue weighted by atomic mass is 10.2. The van der Waals surface area contributed by atoms with Crippen molar-refractivity contribution in [3.8, 4) is 17.2 Å². The molecule has 0 aliphatic heterocycles. The molecule has 0 N–H and O–H groups in total. The zero-order valence-corrected chi connectivity index (χ0v) is 13.1. The van der Waals surface area contributed by atoms with Crippen LogP contribution >= 0.6 is 15.9 Å². The summed E-state index contributed by atoms with van der Waals surface area (Å²) in [5.41, 5.74) is 3.71. The Morgan fingerprint density at radius 2 is 1.95 bits per heavy atom. The summed E-state index contributed by atoms with van der Waals surface area (Å²) in [7, 11) is 1.59. The van der Waals surface area contributed by atoms with Crippen LogP contribution in [0.15, 0.2) is 46.9 Å². The average Bonchev–Trinajstić information content (AvgIpc) is 2.97. The van der Waals surface area contributed by atoms with E-state index in [0.29, 0.717) is 5.89 Å². The number of rotatable bonds is 5. The predicted molar refractivity (Wildman–Crippen MR) is 84.6 cm³/mol. The van der Waals surface area contributed by atoms with Gasteiger partial charge in [-0.25, -0.2) is 4.98 Å². The second-order valence-corrected chi connectivity index (χ2v) is 5.05. The van der Waals surface area contributed by atoms with Crippen molar-refractivity contribution in [2.75, 3.05) is 13.9 Å². The summed E-state index contributed by atoms with van der Waals surface area (Å²) in [6.07, 6.45) is 0. The van der Waals surface area contributed by atoms with Gasteiger partial charge in [-0.3, -0.25) is 0 Å². The molecule has 0 aliphatic rings. The van der Waals surface area contributed by atoms with Crippen LogP contribution in [0.4, 0.5) is 0 Å². The maximum absolute atomic E-state index is 5.82. The SMILES string of the molecule is COCOc1ccc(-c2nc3c(CBr)cccc3o2)cc1. The second-order valence-electron chi connectivity index (χ2n) is 4.49. The molecule has 0 saturated carbocycles. The molecule has 0 bridgehead atoms. The summed E-state index contributed by atoms with van der Waals surface area (Å²) in [4.78, 5) is 4.58. The number of benzene rings is 2. The lowest BCUT2D eigenvalue weighted by Crippen LogP contribution is -1.98. The van der Waals surface area contributed by atoms with Gasteiger partial charge in [0.05, 0.1) is 0 Å². The monoisotopic (exact) mass is 347 g/mol. The summed E-state index contributed by atoms with van der Waals surface area (Å²) in [5.74, 6) is 1.36. The predicted octanol–water partition coefficient (Wildman–Crippen LogP) is 4.37. The zero-order chi connectivity index (χ0) is 14.7. The summed E-state index contributed by atoms with van der Waals surface area (Å²) in [6.45, 7) is 0.233. The summed E-state index contributed by atoms with van der Waals surface area (Å²) in [5, 5.41) is 0.750. The fourth-order valence-electron chi connectivity index (χ4n) is 2.06. The lowest BCUT2D eigenvalue weighted by molar-refractivity contribution is 0.0511. The molecule has 0 amide bonds. The van der Waals surface area contributed by atoms with Gasteiger partial charge in [-0.15, -0.1) is 0 Å². The largest absolute Gasteiger partial charge is 0.468 e. The van der Waals surface area contributed by atoms with Crippen molar-refractivity contribution >= 4 is 27.0 Å². The molecule has 3 rings (SSSR count). The van der Waals surface area contributed by atoms with E-state index >= 15 is 0 Å². The highest BCUT2D eigenvalue weighted by molar-refractivity contribution is 9.08. The molecule has 1 aromatic heterocycles. The Bertz CT molecular complexity index is 737. The van der Waals surface area contributed by atoms with E-state index in [1.807, 2.05) is 42.5 Å². The molecule has 0 fully saturated rings. The number of aromatic nitrogens is 1. The Balaban J connectivity index is 1.93. The van der Waals surface area contributed by atoms with Crippen LogP contribution in [-0.4, -0.2) is 18.9 Å². The van der Waals surface area contributed by atoms with E-state index in [9.17, 15) is 0 Å². The van der Waals surface area contributed by atoms with Gasteiger partial charge in [0, 0.05) is 18.0 Å². The molecule has 108 valence electrons. The van der Waals surface area contributed by atoms with Gasteiger partial charge < -0.3 is 13.9 Å². The van der Waals surface area contributed by atoms with Crippen molar-refractivity contribution in [1.29, 1.82) is 0 Å². The van der Waals surface area contributed by atoms with Gasteiger partial charge in [0.1, 0.15) is 11.3 Å². The molecule has 21 heavy (non-hydrogen) atoms. The molecule has 0 aliphatic carbocycles. The Labute approximate surface area is 130 Å². The van der Waals surface area contributed by atoms with Gasteiger partial charge in [0.15, 0.2) is 12.4 Å². The highest BCUT2D eigenvalue weighted by Crippen LogP contribution is 2.28. The number of hydrogen-bond donors (Lipinski definition) is 0. The number of halogens is 1. The first kappa shape index (κ1) is 14.1. The second kappa shape index (κ2) is 6.28. The van der Waals surface area contributed by atoms with Crippen molar-refractivity contribution in [1.82, 2.24) is 4.98 Å². The molecule has 0 atom stereocenters. The maximum Gasteiger partial charge on any atom is 0.227 e. The Morgan fingerprint density at radius 3 is 2.67 bits per heavy atom. The number of oxazole rings is 1. The van der Waals surface area contributed by atoms with Crippen molar-refractivity contribution in [3.05, 3.63) is 48.0 Å². The standard InChI is InChI=1S/C16H14BrNO3/c1-19-10-20-13-7-5-11(6-8-13)16-18-15-12(9-17)3-2-4-14(15)21-16/h2-8H,9-10H2,1H3. The highest BCUT2D eigenvalue weighted by Gasteiger charge is 2.10. The molecule has 1 heterocycles. The fraction of sp³-hybridized carbons (Fsp3) is 0.188. The number of alkyl halides is 1. The van der Waals surface area contributed by atoms with Gasteiger partial charge in [-0.05, 0) is 35.9 Å². The zero-order valence-electron chi connectivity index (χ0n) is 11.5. The van der Waals surface area contributed by atoms with Crippen LogP contribution in [0.5, 0.6) is 5.75 Å². The first-order valence-corrected chi connectivity index (χ1v) is 7.60. The topological polar surface area (TPSA) is 44.5 Å². The summed E-state index contributed by atoms with van der Waals surface area (Å²) >= 11 is 3.47. The van der Waals surface area contributed by atoms with Gasteiger partial charge in [-0.1, -0.05) is 28.1 Å². The van der Waals surface area contributed by atoms with Crippen molar-refractivity contribution in [2.24, 2.45) is 0 Å². The van der Waals surface area contributed by atoms with Gasteiger partial charge in [0.25, 0.3) is 0 Å². The third kappa shape index (κ3) is 2.94. The third-order valence-electron chi connectivity index (χ3n) is 3.09. The lowest BCUT2D eigenvalue weighted by Gasteiger charge is -2.04. The number of hydrogen-bond acceptors (Lipinski definition) is 4. The van der Waals surface area contributed by atoms with E-state index in [0.717, 1.165) is 33.3 Å². The highest BCUT2D eigenvalue weighted by atomic mass is 79.9. The molecule has 2 aromatic carbocycles. The number of ether oxygens (including phenoxy) is 2. The Kier molecular flexibility index (Phi) is 4.22. The molecular formula is C16H14BrNO3. The molecular weight excluding hydrogens is 334 g/mol. The van der Waals surface area contributed by atoms with E-state index in [4.69, 9.17) is 13.9 Å². The van der Waals surface area contributed by atoms with Crippen LogP contribution in [0.25, 0.3) is 22.6 Å². The first-order valence-electron chi connectivity index (χ1n) is 6.48. The minimum atomic E-state index is 0.233. The van der Waals surface area contributed by atoms with Gasteiger partial charge in [-0.2, -0.15) is 0 Å². The first-order chi connectivity index (χ1) is 10.3. The van der Waals surface area contributed by atoms with Crippen LogP contribution in [0.3, 0.4) is 0 Å². The molecule has 0 saturated heterocycles. The van der Waals surface area contributed by atoms with Gasteiger partial charge in [0.2, 0.25) is 5.89 Å². The summed E-state index contributed by atoms with van der Waals surface area (Å²) < 4.78 is 16.1. The summed E-state index contributed by atoms with van der Waals surface area (Å²) in [6, 6.07) is 13.5. The van der Waals surface area contributed by atoms with Crippen LogP contribution in [0.2, 0.25) is 0 Å². The van der Waals surface area contributed by atoms with Crippen LogP contribution in [0.1, 0.15) is 5.56 Å². The Hall–Kier alpha value is -1.85. The van der Waals surface area contributed by atoms with Gasteiger partial charge >= 0.3 is 0 Å².